The van der Waals surface area contributed by atoms with Crippen LogP contribution in [0, 0.1) is 6.92 Å². The van der Waals surface area contributed by atoms with E-state index < -0.39 is 5.54 Å². The molecule has 3 N–H and O–H groups in total. The fourth-order valence-corrected chi connectivity index (χ4v) is 3.52. The zero-order valence-electron chi connectivity index (χ0n) is 10.9. The predicted octanol–water partition coefficient (Wildman–Crippen LogP) is 3.59. The number of halogens is 1. The molecule has 100 valence electrons. The fourth-order valence-electron chi connectivity index (χ4n) is 2.83. The first kappa shape index (κ1) is 13.7. The van der Waals surface area contributed by atoms with Crippen LogP contribution < -0.4 is 10.5 Å². The number of phenols is 1. The summed E-state index contributed by atoms with van der Waals surface area (Å²) in [7, 11) is 1.60. The molecule has 1 aromatic carbocycles. The second-order valence-electron chi connectivity index (χ2n) is 5.13. The minimum Gasteiger partial charge on any atom is -0.507 e. The lowest BCUT2D eigenvalue weighted by Crippen LogP contribution is -2.38. The van der Waals surface area contributed by atoms with E-state index >= 15 is 0 Å². The van der Waals surface area contributed by atoms with Gasteiger partial charge in [-0.05, 0) is 41.8 Å². The third-order valence-electron chi connectivity index (χ3n) is 3.93. The van der Waals surface area contributed by atoms with Crippen molar-refractivity contribution in [2.24, 2.45) is 5.73 Å². The summed E-state index contributed by atoms with van der Waals surface area (Å²) in [6.07, 6.45) is 5.34. The summed E-state index contributed by atoms with van der Waals surface area (Å²) in [5.74, 6) is 0.954. The highest BCUT2D eigenvalue weighted by Gasteiger charge is 2.33. The molecule has 0 saturated heterocycles. The van der Waals surface area contributed by atoms with Crippen LogP contribution in [0.2, 0.25) is 0 Å². The lowest BCUT2D eigenvalue weighted by molar-refractivity contribution is 0.290. The Labute approximate surface area is 116 Å². The van der Waals surface area contributed by atoms with E-state index in [2.05, 4.69) is 15.9 Å². The molecule has 0 aromatic heterocycles. The first-order chi connectivity index (χ1) is 8.49. The molecule has 0 aliphatic heterocycles. The maximum atomic E-state index is 10.4. The number of hydrogen-bond donors (Lipinski definition) is 2. The number of rotatable bonds is 2. The number of hydrogen-bond acceptors (Lipinski definition) is 3. The van der Waals surface area contributed by atoms with Gasteiger partial charge in [-0.25, -0.2) is 0 Å². The highest BCUT2D eigenvalue weighted by Crippen LogP contribution is 2.45. The smallest absolute Gasteiger partial charge is 0.139 e. The molecule has 0 spiro atoms. The largest absolute Gasteiger partial charge is 0.507 e. The topological polar surface area (TPSA) is 55.5 Å². The van der Waals surface area contributed by atoms with Crippen molar-refractivity contribution in [2.75, 3.05) is 7.11 Å². The van der Waals surface area contributed by atoms with Gasteiger partial charge in [0.2, 0.25) is 0 Å². The van der Waals surface area contributed by atoms with Gasteiger partial charge in [0, 0.05) is 16.7 Å². The van der Waals surface area contributed by atoms with Gasteiger partial charge in [0.15, 0.2) is 0 Å². The van der Waals surface area contributed by atoms with E-state index in [4.69, 9.17) is 10.5 Å². The van der Waals surface area contributed by atoms with Crippen molar-refractivity contribution in [3.8, 4) is 11.5 Å². The molecule has 0 unspecified atom stereocenters. The van der Waals surface area contributed by atoms with Crippen molar-refractivity contribution in [3.05, 3.63) is 21.7 Å². The lowest BCUT2D eigenvalue weighted by Gasteiger charge is -2.35. The van der Waals surface area contributed by atoms with E-state index in [0.29, 0.717) is 5.75 Å². The van der Waals surface area contributed by atoms with Crippen LogP contribution in [0.15, 0.2) is 10.5 Å². The molecule has 0 amide bonds. The van der Waals surface area contributed by atoms with Crippen molar-refractivity contribution < 1.29 is 9.84 Å². The Kier molecular flexibility index (Phi) is 3.87. The second-order valence-corrected chi connectivity index (χ2v) is 5.98. The van der Waals surface area contributed by atoms with Crippen LogP contribution in [0.5, 0.6) is 11.5 Å². The molecule has 1 aliphatic rings. The highest BCUT2D eigenvalue weighted by molar-refractivity contribution is 9.10. The fraction of sp³-hybridized carbons (Fsp3) is 0.571. The lowest BCUT2D eigenvalue weighted by atomic mass is 9.76. The molecular weight excluding hydrogens is 294 g/mol. The summed E-state index contributed by atoms with van der Waals surface area (Å²) in [5.41, 5.74) is 7.68. The molecule has 4 heteroatoms. The van der Waals surface area contributed by atoms with Gasteiger partial charge < -0.3 is 15.6 Å². The van der Waals surface area contributed by atoms with Gasteiger partial charge in [-0.3, -0.25) is 0 Å². The molecule has 0 atom stereocenters. The molecule has 2 rings (SSSR count). The number of ether oxygens (including phenoxy) is 1. The molecule has 1 aliphatic carbocycles. The van der Waals surface area contributed by atoms with Crippen molar-refractivity contribution in [1.29, 1.82) is 0 Å². The Balaban J connectivity index is 2.51. The zero-order chi connectivity index (χ0) is 13.3. The third kappa shape index (κ3) is 2.24. The van der Waals surface area contributed by atoms with Gasteiger partial charge >= 0.3 is 0 Å². The third-order valence-corrected chi connectivity index (χ3v) is 4.51. The van der Waals surface area contributed by atoms with Crippen molar-refractivity contribution in [2.45, 2.75) is 44.6 Å². The minimum atomic E-state index is -0.401. The normalized spacial score (nSPS) is 18.7. The number of aromatic hydroxyl groups is 1. The second kappa shape index (κ2) is 5.10. The minimum absolute atomic E-state index is 0.277. The van der Waals surface area contributed by atoms with Gasteiger partial charge in [0.05, 0.1) is 11.6 Å². The maximum absolute atomic E-state index is 10.4. The Hall–Kier alpha value is -0.740. The molecule has 0 radical (unpaired) electrons. The first-order valence-corrected chi connectivity index (χ1v) is 7.14. The van der Waals surface area contributed by atoms with Gasteiger partial charge in [-0.15, -0.1) is 0 Å². The van der Waals surface area contributed by atoms with Crippen LogP contribution >= 0.6 is 15.9 Å². The van der Waals surface area contributed by atoms with E-state index in [-0.39, 0.29) is 5.75 Å². The van der Waals surface area contributed by atoms with Crippen LogP contribution in [-0.2, 0) is 5.54 Å². The van der Waals surface area contributed by atoms with Crippen molar-refractivity contribution in [1.82, 2.24) is 0 Å². The highest BCUT2D eigenvalue weighted by atomic mass is 79.9. The van der Waals surface area contributed by atoms with Crippen LogP contribution in [-0.4, -0.2) is 12.2 Å². The first-order valence-electron chi connectivity index (χ1n) is 6.35. The number of nitrogens with two attached hydrogens (primary N) is 1. The number of methoxy groups -OCH3 is 1. The van der Waals surface area contributed by atoms with Crippen molar-refractivity contribution >= 4 is 15.9 Å². The molecule has 1 fully saturated rings. The monoisotopic (exact) mass is 313 g/mol. The van der Waals surface area contributed by atoms with E-state index in [0.717, 1.165) is 41.3 Å². The van der Waals surface area contributed by atoms with Gasteiger partial charge in [-0.2, -0.15) is 0 Å². The maximum Gasteiger partial charge on any atom is 0.139 e. The Morgan fingerprint density at radius 3 is 2.50 bits per heavy atom. The summed E-state index contributed by atoms with van der Waals surface area (Å²) in [6, 6.07) is 1.91. The average molecular weight is 314 g/mol. The standard InChI is InChI=1S/C14H20BrNO2/c1-9-12(17)10(8-11(15)13(9)18-2)14(16)6-4-3-5-7-14/h8,17H,3-7,16H2,1-2H3. The van der Waals surface area contributed by atoms with Gasteiger partial charge in [0.1, 0.15) is 11.5 Å². The molecule has 1 saturated carbocycles. The van der Waals surface area contributed by atoms with Crippen LogP contribution in [0.25, 0.3) is 0 Å². The van der Waals surface area contributed by atoms with Crippen molar-refractivity contribution in [3.63, 3.8) is 0 Å². The molecule has 0 heterocycles. The molecular formula is C14H20BrNO2. The van der Waals surface area contributed by atoms with E-state index in [9.17, 15) is 5.11 Å². The van der Waals surface area contributed by atoms with Crippen LogP contribution in [0.1, 0.15) is 43.2 Å². The molecule has 18 heavy (non-hydrogen) atoms. The van der Waals surface area contributed by atoms with Crippen LogP contribution in [0.3, 0.4) is 0 Å². The Bertz CT molecular complexity index is 454. The Morgan fingerprint density at radius 2 is 1.94 bits per heavy atom. The van der Waals surface area contributed by atoms with Gasteiger partial charge in [-0.1, -0.05) is 19.3 Å². The summed E-state index contributed by atoms with van der Waals surface area (Å²) in [4.78, 5) is 0. The number of benzene rings is 1. The van der Waals surface area contributed by atoms with E-state index in [1.54, 1.807) is 7.11 Å². The predicted molar refractivity (Wildman–Crippen MR) is 76.0 cm³/mol. The summed E-state index contributed by atoms with van der Waals surface area (Å²) in [6.45, 7) is 1.86. The quantitative estimate of drug-likeness (QED) is 0.877. The van der Waals surface area contributed by atoms with Crippen LogP contribution in [0.4, 0.5) is 0 Å². The molecule has 1 aromatic rings. The zero-order valence-corrected chi connectivity index (χ0v) is 12.5. The summed E-state index contributed by atoms with van der Waals surface area (Å²) in [5, 5.41) is 10.4. The number of phenolic OH excluding ortho intramolecular Hbond substituents is 1. The molecule has 0 bridgehead atoms. The molecule has 3 nitrogen and oxygen atoms in total. The summed E-state index contributed by atoms with van der Waals surface area (Å²) >= 11 is 3.49. The van der Waals surface area contributed by atoms with E-state index in [1.807, 2.05) is 13.0 Å². The van der Waals surface area contributed by atoms with E-state index in [1.165, 1.54) is 6.42 Å². The SMILES string of the molecule is COc1c(Br)cc(C2(N)CCCCC2)c(O)c1C. The Morgan fingerprint density at radius 1 is 1.33 bits per heavy atom. The van der Waals surface area contributed by atoms with Gasteiger partial charge in [0.25, 0.3) is 0 Å². The average Bonchev–Trinajstić information content (AvgIpc) is 2.35. The summed E-state index contributed by atoms with van der Waals surface area (Å²) < 4.78 is 6.14.